The summed E-state index contributed by atoms with van der Waals surface area (Å²) in [6.45, 7) is 3.17. The summed E-state index contributed by atoms with van der Waals surface area (Å²) in [5.41, 5.74) is 3.21. The summed E-state index contributed by atoms with van der Waals surface area (Å²) in [6, 6.07) is 19.4. The van der Waals surface area contributed by atoms with Gasteiger partial charge in [-0.15, -0.1) is 0 Å². The second-order valence-corrected chi connectivity index (χ2v) is 6.09. The predicted octanol–water partition coefficient (Wildman–Crippen LogP) is 4.50. The zero-order chi connectivity index (χ0) is 19.1. The Morgan fingerprint density at radius 3 is 2.56 bits per heavy atom. The summed E-state index contributed by atoms with van der Waals surface area (Å²) >= 11 is 0. The lowest BCUT2D eigenvalue weighted by Crippen LogP contribution is -2.30. The average molecular weight is 361 g/mol. The van der Waals surface area contributed by atoms with Crippen molar-refractivity contribution in [1.82, 2.24) is 9.88 Å². The van der Waals surface area contributed by atoms with Gasteiger partial charge in [-0.05, 0) is 30.7 Å². The van der Waals surface area contributed by atoms with Crippen molar-refractivity contribution in [3.05, 3.63) is 84.2 Å². The second-order valence-electron chi connectivity index (χ2n) is 6.09. The zero-order valence-electron chi connectivity index (χ0n) is 15.6. The molecule has 0 radical (unpaired) electrons. The number of amides is 1. The Kier molecular flexibility index (Phi) is 6.05. The van der Waals surface area contributed by atoms with E-state index in [-0.39, 0.29) is 5.91 Å². The molecule has 3 aromatic rings. The number of hydrogen-bond donors (Lipinski definition) is 1. The Labute approximate surface area is 159 Å². The van der Waals surface area contributed by atoms with Crippen LogP contribution in [0.25, 0.3) is 0 Å². The van der Waals surface area contributed by atoms with Crippen LogP contribution in [0.3, 0.4) is 0 Å². The molecule has 1 heterocycles. The van der Waals surface area contributed by atoms with Crippen LogP contribution >= 0.6 is 0 Å². The van der Waals surface area contributed by atoms with Crippen LogP contribution in [-0.4, -0.2) is 29.4 Å². The van der Waals surface area contributed by atoms with Gasteiger partial charge in [-0.3, -0.25) is 9.78 Å². The lowest BCUT2D eigenvalue weighted by atomic mass is 10.1. The summed E-state index contributed by atoms with van der Waals surface area (Å²) < 4.78 is 5.36. The Morgan fingerprint density at radius 2 is 1.81 bits per heavy atom. The number of anilines is 2. The Balaban J connectivity index is 1.78. The fraction of sp³-hybridized carbons (Fsp3) is 0.182. The highest BCUT2D eigenvalue weighted by molar-refractivity contribution is 5.95. The smallest absolute Gasteiger partial charge is 0.255 e. The van der Waals surface area contributed by atoms with Crippen LogP contribution < -0.4 is 10.1 Å². The van der Waals surface area contributed by atoms with E-state index in [4.69, 9.17) is 4.74 Å². The highest BCUT2D eigenvalue weighted by Crippen LogP contribution is 2.27. The molecule has 0 aliphatic rings. The first-order valence-electron chi connectivity index (χ1n) is 8.89. The fourth-order valence-electron chi connectivity index (χ4n) is 2.84. The number of nitrogens with one attached hydrogen (secondary N) is 1. The minimum Gasteiger partial charge on any atom is -0.495 e. The number of methoxy groups -OCH3 is 1. The summed E-state index contributed by atoms with van der Waals surface area (Å²) in [6.07, 6.45) is 3.29. The van der Waals surface area contributed by atoms with E-state index in [9.17, 15) is 4.79 Å². The highest BCUT2D eigenvalue weighted by atomic mass is 16.5. The van der Waals surface area contributed by atoms with Gasteiger partial charge in [0.25, 0.3) is 5.91 Å². The van der Waals surface area contributed by atoms with E-state index >= 15 is 0 Å². The lowest BCUT2D eigenvalue weighted by Gasteiger charge is -2.21. The molecule has 0 unspecified atom stereocenters. The quantitative estimate of drug-likeness (QED) is 0.673. The molecule has 1 amide bonds. The third-order valence-electron chi connectivity index (χ3n) is 4.26. The van der Waals surface area contributed by atoms with Crippen molar-refractivity contribution in [2.75, 3.05) is 19.0 Å². The van der Waals surface area contributed by atoms with E-state index in [1.807, 2.05) is 67.6 Å². The van der Waals surface area contributed by atoms with Crippen molar-refractivity contribution in [3.8, 4) is 5.75 Å². The van der Waals surface area contributed by atoms with Gasteiger partial charge in [0.15, 0.2) is 0 Å². The van der Waals surface area contributed by atoms with Gasteiger partial charge in [0, 0.05) is 19.3 Å². The number of rotatable bonds is 7. The van der Waals surface area contributed by atoms with Crippen LogP contribution in [0.5, 0.6) is 5.75 Å². The molecular formula is C22H23N3O2. The van der Waals surface area contributed by atoms with Gasteiger partial charge < -0.3 is 15.0 Å². The Morgan fingerprint density at radius 1 is 1.07 bits per heavy atom. The maximum absolute atomic E-state index is 12.9. The molecule has 0 aliphatic heterocycles. The predicted molar refractivity (Wildman–Crippen MR) is 107 cm³/mol. The molecule has 0 aliphatic carbocycles. The number of ether oxygens (including phenoxy) is 1. The molecule has 1 aromatic heterocycles. The first-order chi connectivity index (χ1) is 13.2. The number of para-hydroxylation sites is 2. The van der Waals surface area contributed by atoms with Gasteiger partial charge in [0.1, 0.15) is 5.75 Å². The van der Waals surface area contributed by atoms with Crippen LogP contribution in [0.2, 0.25) is 0 Å². The molecule has 5 heteroatoms. The maximum Gasteiger partial charge on any atom is 0.255 e. The first-order valence-corrected chi connectivity index (χ1v) is 8.89. The van der Waals surface area contributed by atoms with Crippen molar-refractivity contribution < 1.29 is 9.53 Å². The number of benzene rings is 2. The number of pyridine rings is 1. The van der Waals surface area contributed by atoms with Crippen LogP contribution in [0.15, 0.2) is 73.1 Å². The van der Waals surface area contributed by atoms with E-state index in [0.29, 0.717) is 18.7 Å². The lowest BCUT2D eigenvalue weighted by molar-refractivity contribution is 0.0752. The Bertz CT molecular complexity index is 897. The molecule has 0 saturated heterocycles. The monoisotopic (exact) mass is 361 g/mol. The second kappa shape index (κ2) is 8.85. The van der Waals surface area contributed by atoms with Crippen LogP contribution in [0, 0.1) is 0 Å². The third kappa shape index (κ3) is 4.64. The van der Waals surface area contributed by atoms with E-state index in [2.05, 4.69) is 10.3 Å². The fourth-order valence-corrected chi connectivity index (χ4v) is 2.84. The normalized spacial score (nSPS) is 10.3. The van der Waals surface area contributed by atoms with Gasteiger partial charge >= 0.3 is 0 Å². The van der Waals surface area contributed by atoms with Gasteiger partial charge in [0.05, 0.1) is 30.2 Å². The van der Waals surface area contributed by atoms with Crippen molar-refractivity contribution in [2.24, 2.45) is 0 Å². The minimum absolute atomic E-state index is 0.0440. The third-order valence-corrected chi connectivity index (χ3v) is 4.26. The minimum atomic E-state index is -0.0440. The molecule has 27 heavy (non-hydrogen) atoms. The average Bonchev–Trinajstić information content (AvgIpc) is 2.73. The topological polar surface area (TPSA) is 54.5 Å². The molecular weight excluding hydrogens is 338 g/mol. The van der Waals surface area contributed by atoms with E-state index in [1.165, 1.54) is 0 Å². The largest absolute Gasteiger partial charge is 0.495 e. The molecule has 1 N–H and O–H groups in total. The molecule has 0 fully saturated rings. The summed E-state index contributed by atoms with van der Waals surface area (Å²) in [7, 11) is 1.63. The SMILES string of the molecule is CCN(Cc1ccccc1)C(=O)c1cncc(Nc2ccccc2OC)c1. The molecule has 138 valence electrons. The number of hydrogen-bond acceptors (Lipinski definition) is 4. The summed E-state index contributed by atoms with van der Waals surface area (Å²) in [4.78, 5) is 19.0. The van der Waals surface area contributed by atoms with Crippen LogP contribution in [0.4, 0.5) is 11.4 Å². The van der Waals surface area contributed by atoms with Crippen molar-refractivity contribution in [2.45, 2.75) is 13.5 Å². The standard InChI is InChI=1S/C22H23N3O2/c1-3-25(16-17-9-5-4-6-10-17)22(26)18-13-19(15-23-14-18)24-20-11-7-8-12-21(20)27-2/h4-15,24H,3,16H2,1-2H3. The van der Waals surface area contributed by atoms with Gasteiger partial charge in [-0.25, -0.2) is 0 Å². The van der Waals surface area contributed by atoms with Crippen LogP contribution in [0.1, 0.15) is 22.8 Å². The first kappa shape index (κ1) is 18.5. The van der Waals surface area contributed by atoms with Crippen molar-refractivity contribution in [3.63, 3.8) is 0 Å². The number of carbonyl (C=O) groups is 1. The molecule has 0 bridgehead atoms. The maximum atomic E-state index is 12.9. The van der Waals surface area contributed by atoms with E-state index in [0.717, 1.165) is 22.7 Å². The van der Waals surface area contributed by atoms with Crippen LogP contribution in [-0.2, 0) is 6.54 Å². The molecule has 3 rings (SSSR count). The van der Waals surface area contributed by atoms with Crippen molar-refractivity contribution >= 4 is 17.3 Å². The van der Waals surface area contributed by atoms with Crippen molar-refractivity contribution in [1.29, 1.82) is 0 Å². The molecule has 5 nitrogen and oxygen atoms in total. The number of aromatic nitrogens is 1. The van der Waals surface area contributed by atoms with Gasteiger partial charge in [0.2, 0.25) is 0 Å². The van der Waals surface area contributed by atoms with Gasteiger partial charge in [-0.2, -0.15) is 0 Å². The summed E-state index contributed by atoms with van der Waals surface area (Å²) in [5, 5.41) is 3.27. The molecule has 2 aromatic carbocycles. The molecule has 0 atom stereocenters. The highest BCUT2D eigenvalue weighted by Gasteiger charge is 2.15. The molecule has 0 spiro atoms. The number of nitrogens with zero attached hydrogens (tertiary/aromatic N) is 2. The Hall–Kier alpha value is -3.34. The summed E-state index contributed by atoms with van der Waals surface area (Å²) in [5.74, 6) is 0.686. The van der Waals surface area contributed by atoms with Gasteiger partial charge in [-0.1, -0.05) is 42.5 Å². The molecule has 0 saturated carbocycles. The zero-order valence-corrected chi connectivity index (χ0v) is 15.6. The van der Waals surface area contributed by atoms with E-state index in [1.54, 1.807) is 24.4 Å². The van der Waals surface area contributed by atoms with E-state index < -0.39 is 0 Å². The number of carbonyl (C=O) groups excluding carboxylic acids is 1.